The molecule has 2 aliphatic heterocycles. The second kappa shape index (κ2) is 14.5. The average molecular weight is 608 g/mol. The molecule has 2 aliphatic rings. The van der Waals surface area contributed by atoms with E-state index in [4.69, 9.17) is 23.7 Å². The number of cyclic esters (lactones) is 1. The van der Waals surface area contributed by atoms with Crippen LogP contribution in [0, 0.1) is 18.3 Å². The number of phenols is 1. The number of aromatic hydroxyl groups is 1. The second-order valence-electron chi connectivity index (χ2n) is 12.6. The monoisotopic (exact) mass is 607 g/mol. The van der Waals surface area contributed by atoms with Crippen molar-refractivity contribution in [2.45, 2.75) is 109 Å². The van der Waals surface area contributed by atoms with Gasteiger partial charge in [0.25, 0.3) is 5.91 Å². The summed E-state index contributed by atoms with van der Waals surface area (Å²) in [5.41, 5.74) is 1.99. The molecule has 9 atom stereocenters. The lowest BCUT2D eigenvalue weighted by molar-refractivity contribution is -0.222. The van der Waals surface area contributed by atoms with E-state index in [-0.39, 0.29) is 23.8 Å². The van der Waals surface area contributed by atoms with Gasteiger partial charge in [0.15, 0.2) is 12.3 Å². The predicted octanol–water partition coefficient (Wildman–Crippen LogP) is 2.80. The van der Waals surface area contributed by atoms with Gasteiger partial charge in [0.2, 0.25) is 0 Å². The van der Waals surface area contributed by atoms with Crippen molar-refractivity contribution in [2.75, 3.05) is 21.3 Å². The summed E-state index contributed by atoms with van der Waals surface area (Å²) in [7, 11) is 4.46. The summed E-state index contributed by atoms with van der Waals surface area (Å²) in [6.07, 6.45) is -4.89. The van der Waals surface area contributed by atoms with Gasteiger partial charge in [0, 0.05) is 51.9 Å². The van der Waals surface area contributed by atoms with Gasteiger partial charge in [-0.05, 0) is 37.5 Å². The Hall–Kier alpha value is -2.54. The average Bonchev–Trinajstić information content (AvgIpc) is 2.96. The van der Waals surface area contributed by atoms with E-state index in [0.717, 1.165) is 11.1 Å². The number of amides is 1. The van der Waals surface area contributed by atoms with E-state index in [2.05, 4.69) is 11.9 Å². The van der Waals surface area contributed by atoms with E-state index in [9.17, 15) is 24.9 Å². The molecule has 11 heteroatoms. The first-order chi connectivity index (χ1) is 20.2. The standard InChI is InChI=1S/C32H49NO10/c1-16(2)12-23(39-7)28(36)29(37)33-30(41-9)24-15-25(40-8)32(5,6)26(42-24)14-21(35)18(4)22-13-19-17(3)10-11-20(34)27(19)31(38)43-22/h10-11,18,21-26,28,30,34-36H,1,12-15H2,2-9H3,(H,33,37). The van der Waals surface area contributed by atoms with Crippen molar-refractivity contribution in [1.29, 1.82) is 0 Å². The fraction of sp³-hybridized carbons (Fsp3) is 0.688. The maximum absolute atomic E-state index is 13.0. The van der Waals surface area contributed by atoms with Gasteiger partial charge < -0.3 is 44.3 Å². The van der Waals surface area contributed by atoms with Crippen molar-refractivity contribution in [2.24, 2.45) is 11.3 Å². The lowest BCUT2D eigenvalue weighted by Gasteiger charge is -2.49. The van der Waals surface area contributed by atoms with Gasteiger partial charge in [-0.2, -0.15) is 0 Å². The number of benzene rings is 1. The zero-order chi connectivity index (χ0) is 32.2. The summed E-state index contributed by atoms with van der Waals surface area (Å²) < 4.78 is 28.9. The fourth-order valence-electron chi connectivity index (χ4n) is 6.13. The van der Waals surface area contributed by atoms with E-state index in [1.165, 1.54) is 20.3 Å². The summed E-state index contributed by atoms with van der Waals surface area (Å²) >= 11 is 0. The highest BCUT2D eigenvalue weighted by molar-refractivity contribution is 5.95. The molecule has 1 amide bonds. The van der Waals surface area contributed by atoms with E-state index < -0.39 is 66.1 Å². The molecule has 1 fully saturated rings. The van der Waals surface area contributed by atoms with Crippen LogP contribution < -0.4 is 5.32 Å². The predicted molar refractivity (Wildman–Crippen MR) is 159 cm³/mol. The number of methoxy groups -OCH3 is 3. The number of phenolic OH excluding ortho intramolecular Hbond substituents is 1. The van der Waals surface area contributed by atoms with Crippen LogP contribution in [0.1, 0.15) is 68.4 Å². The number of aliphatic hydroxyl groups is 2. The number of carbonyl (C=O) groups excluding carboxylic acids is 2. The Labute approximate surface area is 254 Å². The van der Waals surface area contributed by atoms with Gasteiger partial charge in [-0.15, -0.1) is 6.58 Å². The largest absolute Gasteiger partial charge is 0.507 e. The van der Waals surface area contributed by atoms with E-state index in [0.29, 0.717) is 24.8 Å². The summed E-state index contributed by atoms with van der Waals surface area (Å²) in [4.78, 5) is 25.8. The minimum Gasteiger partial charge on any atom is -0.507 e. The van der Waals surface area contributed by atoms with Crippen molar-refractivity contribution in [1.82, 2.24) is 5.32 Å². The van der Waals surface area contributed by atoms with Gasteiger partial charge in [-0.3, -0.25) is 4.79 Å². The van der Waals surface area contributed by atoms with Gasteiger partial charge in [0.1, 0.15) is 23.5 Å². The molecular weight excluding hydrogens is 558 g/mol. The normalized spacial score (nSPS) is 26.8. The molecule has 1 saturated heterocycles. The van der Waals surface area contributed by atoms with Crippen molar-refractivity contribution >= 4 is 11.9 Å². The van der Waals surface area contributed by atoms with Crippen LogP contribution in [0.2, 0.25) is 0 Å². The van der Waals surface area contributed by atoms with Gasteiger partial charge in [0.05, 0.1) is 24.4 Å². The third-order valence-corrected chi connectivity index (χ3v) is 9.12. The molecule has 0 radical (unpaired) electrons. The molecule has 242 valence electrons. The molecular formula is C32H49NO10. The van der Waals surface area contributed by atoms with E-state index >= 15 is 0 Å². The van der Waals surface area contributed by atoms with Gasteiger partial charge in [-0.25, -0.2) is 4.79 Å². The molecule has 0 aliphatic carbocycles. The maximum Gasteiger partial charge on any atom is 0.342 e. The Morgan fingerprint density at radius 3 is 2.44 bits per heavy atom. The highest BCUT2D eigenvalue weighted by atomic mass is 16.6. The Kier molecular flexibility index (Phi) is 11.8. The van der Waals surface area contributed by atoms with E-state index in [1.54, 1.807) is 20.1 Å². The smallest absolute Gasteiger partial charge is 0.342 e. The van der Waals surface area contributed by atoms with Crippen LogP contribution in [0.25, 0.3) is 0 Å². The summed E-state index contributed by atoms with van der Waals surface area (Å²) in [5.74, 6) is -1.85. The van der Waals surface area contributed by atoms with Crippen molar-refractivity contribution in [3.63, 3.8) is 0 Å². The molecule has 43 heavy (non-hydrogen) atoms. The lowest BCUT2D eigenvalue weighted by Crippen LogP contribution is -2.59. The highest BCUT2D eigenvalue weighted by Gasteiger charge is 2.49. The number of fused-ring (bicyclic) bond motifs is 1. The summed E-state index contributed by atoms with van der Waals surface area (Å²) in [6, 6.07) is 3.24. The minimum atomic E-state index is -1.45. The molecule has 1 aromatic rings. The van der Waals surface area contributed by atoms with E-state index in [1.807, 2.05) is 27.7 Å². The summed E-state index contributed by atoms with van der Waals surface area (Å²) in [6.45, 7) is 13.3. The number of esters is 1. The van der Waals surface area contributed by atoms with Crippen LogP contribution in [0.4, 0.5) is 0 Å². The molecule has 3 rings (SSSR count). The molecule has 9 unspecified atom stereocenters. The Balaban J connectivity index is 1.75. The lowest BCUT2D eigenvalue weighted by atomic mass is 9.72. The quantitative estimate of drug-likeness (QED) is 0.150. The molecule has 4 N–H and O–H groups in total. The van der Waals surface area contributed by atoms with Gasteiger partial charge in [-0.1, -0.05) is 32.4 Å². The van der Waals surface area contributed by atoms with Crippen LogP contribution >= 0.6 is 0 Å². The maximum atomic E-state index is 13.0. The van der Waals surface area contributed by atoms with Crippen LogP contribution in [0.5, 0.6) is 5.75 Å². The molecule has 1 aromatic carbocycles. The van der Waals surface area contributed by atoms with Gasteiger partial charge >= 0.3 is 5.97 Å². The minimum absolute atomic E-state index is 0.118. The molecule has 0 bridgehead atoms. The van der Waals surface area contributed by atoms with Crippen molar-refractivity contribution in [3.8, 4) is 5.75 Å². The highest BCUT2D eigenvalue weighted by Crippen LogP contribution is 2.42. The molecule has 2 heterocycles. The van der Waals surface area contributed by atoms with Crippen LogP contribution in [-0.4, -0.2) is 97.5 Å². The zero-order valence-electron chi connectivity index (χ0n) is 26.6. The first kappa shape index (κ1) is 34.9. The molecule has 0 saturated carbocycles. The van der Waals surface area contributed by atoms with Crippen molar-refractivity contribution < 1.29 is 48.6 Å². The third-order valence-electron chi connectivity index (χ3n) is 9.12. The SMILES string of the molecule is C=C(C)CC(OC)C(O)C(=O)NC(OC)C1CC(OC)C(C)(C)C(CC(O)C(C)C2Cc3c(C)ccc(O)c3C(=O)O2)O1. The Morgan fingerprint density at radius 1 is 1.19 bits per heavy atom. The second-order valence-corrected chi connectivity index (χ2v) is 12.6. The Morgan fingerprint density at radius 2 is 1.86 bits per heavy atom. The number of carbonyl (C=O) groups is 2. The number of hydrogen-bond donors (Lipinski definition) is 4. The number of aliphatic hydroxyl groups excluding tert-OH is 2. The zero-order valence-corrected chi connectivity index (χ0v) is 26.6. The topological polar surface area (TPSA) is 153 Å². The van der Waals surface area contributed by atoms with Crippen molar-refractivity contribution in [3.05, 3.63) is 41.0 Å². The Bertz CT molecular complexity index is 1150. The molecule has 11 nitrogen and oxygen atoms in total. The summed E-state index contributed by atoms with van der Waals surface area (Å²) in [5, 5.41) is 35.0. The van der Waals surface area contributed by atoms with Crippen LogP contribution in [-0.2, 0) is 34.9 Å². The molecule has 0 aromatic heterocycles. The number of rotatable bonds is 13. The third kappa shape index (κ3) is 7.76. The fourth-order valence-corrected chi connectivity index (χ4v) is 6.13. The number of ether oxygens (including phenoxy) is 5. The first-order valence-corrected chi connectivity index (χ1v) is 14.7. The first-order valence-electron chi connectivity index (χ1n) is 14.7. The molecule has 0 spiro atoms. The van der Waals surface area contributed by atoms with Crippen LogP contribution in [0.15, 0.2) is 24.3 Å². The number of nitrogens with one attached hydrogen (secondary N) is 1. The number of hydrogen-bond acceptors (Lipinski definition) is 10. The van der Waals surface area contributed by atoms with Crippen LogP contribution in [0.3, 0.4) is 0 Å². The number of aryl methyl sites for hydroxylation is 1.